The zero-order valence-electron chi connectivity index (χ0n) is 14.3. The third-order valence-corrected chi connectivity index (χ3v) is 3.57. The first kappa shape index (κ1) is 19.4. The van der Waals surface area contributed by atoms with Crippen LogP contribution in [0.15, 0.2) is 24.3 Å². The summed E-state index contributed by atoms with van der Waals surface area (Å²) in [6, 6.07) is 5.62. The lowest BCUT2D eigenvalue weighted by Gasteiger charge is -2.20. The predicted octanol–water partition coefficient (Wildman–Crippen LogP) is 2.76. The quantitative estimate of drug-likeness (QED) is 0.425. The van der Waals surface area contributed by atoms with Crippen LogP contribution in [0, 0.1) is 10.1 Å². The number of nitro benzene ring substituents is 1. The molecule has 0 unspecified atom stereocenters. The number of nitrogens with zero attached hydrogens (tertiary/aromatic N) is 8. The normalized spacial score (nSPS) is 10.4. The first-order valence-corrected chi connectivity index (χ1v) is 8.13. The largest absolute Gasteiger partial charge is 0.467 e. The number of nitro groups is 1. The van der Waals surface area contributed by atoms with Crippen LogP contribution in [0.5, 0.6) is 12.0 Å². The van der Waals surface area contributed by atoms with Crippen LogP contribution in [0.3, 0.4) is 0 Å². The molecule has 28 heavy (non-hydrogen) atoms. The van der Waals surface area contributed by atoms with Crippen LogP contribution in [0.1, 0.15) is 0 Å². The van der Waals surface area contributed by atoms with Gasteiger partial charge >= 0.3 is 12.0 Å². The molecular formula is C14H10Cl2N8O4. The third-order valence-electron chi connectivity index (χ3n) is 3.24. The molecule has 0 saturated carbocycles. The number of ether oxygens (including phenoxy) is 2. The van der Waals surface area contributed by atoms with Gasteiger partial charge in [-0.3, -0.25) is 10.1 Å². The van der Waals surface area contributed by atoms with Crippen molar-refractivity contribution < 1.29 is 14.4 Å². The number of hydrogen-bond donors (Lipinski definition) is 0. The summed E-state index contributed by atoms with van der Waals surface area (Å²) < 4.78 is 10.1. The molecule has 0 spiro atoms. The van der Waals surface area contributed by atoms with Crippen LogP contribution < -0.4 is 14.4 Å². The van der Waals surface area contributed by atoms with E-state index in [9.17, 15) is 10.1 Å². The van der Waals surface area contributed by atoms with E-state index in [-0.39, 0.29) is 45.9 Å². The molecule has 0 N–H and O–H groups in total. The molecule has 2 heterocycles. The fraction of sp³-hybridized carbons (Fsp3) is 0.143. The van der Waals surface area contributed by atoms with Gasteiger partial charge in [0.1, 0.15) is 5.69 Å². The van der Waals surface area contributed by atoms with Crippen LogP contribution >= 0.6 is 23.2 Å². The molecule has 3 aromatic rings. The van der Waals surface area contributed by atoms with Crippen molar-refractivity contribution in [1.82, 2.24) is 29.9 Å². The van der Waals surface area contributed by atoms with Crippen molar-refractivity contribution in [1.29, 1.82) is 0 Å². The minimum absolute atomic E-state index is 0.0427. The van der Waals surface area contributed by atoms with Gasteiger partial charge in [0.05, 0.1) is 19.1 Å². The van der Waals surface area contributed by atoms with E-state index in [1.54, 1.807) is 6.07 Å². The van der Waals surface area contributed by atoms with Gasteiger partial charge in [-0.05, 0) is 29.3 Å². The predicted molar refractivity (Wildman–Crippen MR) is 97.7 cm³/mol. The summed E-state index contributed by atoms with van der Waals surface area (Å²) in [6.07, 6.45) is 0. The highest BCUT2D eigenvalue weighted by molar-refractivity contribution is 6.31. The monoisotopic (exact) mass is 424 g/mol. The van der Waals surface area contributed by atoms with Gasteiger partial charge in [-0.25, -0.2) is 4.90 Å². The summed E-state index contributed by atoms with van der Waals surface area (Å²) in [5, 5.41) is 11.1. The number of benzene rings is 1. The van der Waals surface area contributed by atoms with Gasteiger partial charge in [0, 0.05) is 6.07 Å². The van der Waals surface area contributed by atoms with Crippen molar-refractivity contribution in [2.75, 3.05) is 19.1 Å². The van der Waals surface area contributed by atoms with Crippen LogP contribution in [-0.2, 0) is 0 Å². The van der Waals surface area contributed by atoms with Gasteiger partial charge in [0.2, 0.25) is 22.5 Å². The van der Waals surface area contributed by atoms with E-state index in [0.717, 1.165) is 4.90 Å². The second-order valence-corrected chi connectivity index (χ2v) is 5.54. The lowest BCUT2D eigenvalue weighted by atomic mass is 10.2. The van der Waals surface area contributed by atoms with Gasteiger partial charge in [-0.1, -0.05) is 12.1 Å². The van der Waals surface area contributed by atoms with E-state index >= 15 is 0 Å². The molecule has 0 atom stereocenters. The first-order chi connectivity index (χ1) is 13.4. The van der Waals surface area contributed by atoms with Crippen molar-refractivity contribution in [2.24, 2.45) is 0 Å². The molecule has 12 nitrogen and oxygen atoms in total. The molecule has 0 bridgehead atoms. The maximum Gasteiger partial charge on any atom is 0.324 e. The van der Waals surface area contributed by atoms with E-state index in [4.69, 9.17) is 32.7 Å². The molecule has 1 aromatic carbocycles. The molecule has 0 saturated heterocycles. The Bertz CT molecular complexity index is 995. The Balaban J connectivity index is 2.32. The molecule has 0 fully saturated rings. The minimum Gasteiger partial charge on any atom is -0.467 e. The molecule has 144 valence electrons. The van der Waals surface area contributed by atoms with Gasteiger partial charge in [0.25, 0.3) is 5.69 Å². The Morgan fingerprint density at radius 3 is 1.96 bits per heavy atom. The summed E-state index contributed by atoms with van der Waals surface area (Å²) in [5.41, 5.74) is -0.227. The Hall–Kier alpha value is -3.38. The smallest absolute Gasteiger partial charge is 0.324 e. The zero-order valence-corrected chi connectivity index (χ0v) is 15.8. The summed E-state index contributed by atoms with van der Waals surface area (Å²) in [5.74, 6) is -0.286. The van der Waals surface area contributed by atoms with Crippen LogP contribution in [0.25, 0.3) is 0 Å². The van der Waals surface area contributed by atoms with Gasteiger partial charge in [-0.2, -0.15) is 24.9 Å². The number of anilines is 3. The molecule has 0 amide bonds. The molecule has 2 aromatic heterocycles. The summed E-state index contributed by atoms with van der Waals surface area (Å²) in [7, 11) is 2.68. The number of rotatable bonds is 6. The van der Waals surface area contributed by atoms with E-state index < -0.39 is 4.92 Å². The van der Waals surface area contributed by atoms with Crippen molar-refractivity contribution in [3.8, 4) is 12.0 Å². The Morgan fingerprint density at radius 1 is 0.893 bits per heavy atom. The fourth-order valence-electron chi connectivity index (χ4n) is 2.14. The van der Waals surface area contributed by atoms with E-state index in [1.165, 1.54) is 32.4 Å². The average molecular weight is 425 g/mol. The van der Waals surface area contributed by atoms with Gasteiger partial charge in [0.15, 0.2) is 0 Å². The Kier molecular flexibility index (Phi) is 5.61. The minimum atomic E-state index is -0.581. The Morgan fingerprint density at radius 2 is 1.43 bits per heavy atom. The fourth-order valence-corrected chi connectivity index (χ4v) is 2.49. The number of hydrogen-bond acceptors (Lipinski definition) is 11. The summed E-state index contributed by atoms with van der Waals surface area (Å²) in [4.78, 5) is 35.9. The van der Waals surface area contributed by atoms with E-state index in [2.05, 4.69) is 29.9 Å². The summed E-state index contributed by atoms with van der Waals surface area (Å²) >= 11 is 11.8. The Labute approximate surface area is 167 Å². The first-order valence-electron chi connectivity index (χ1n) is 7.37. The van der Waals surface area contributed by atoms with Crippen molar-refractivity contribution >= 4 is 46.5 Å². The standard InChI is InChI=1S/C14H10Cl2N8O4/c1-27-13-20-12(21-14(22-13)28-2)23(11-18-9(15)17-10(16)19-11)7-5-3-4-6-8(7)24(25)26/h3-6H,1-2H3. The second kappa shape index (κ2) is 8.10. The number of halogens is 2. The van der Waals surface area contributed by atoms with E-state index in [0.29, 0.717) is 0 Å². The molecular weight excluding hydrogens is 415 g/mol. The van der Waals surface area contributed by atoms with Crippen molar-refractivity contribution in [3.63, 3.8) is 0 Å². The second-order valence-electron chi connectivity index (χ2n) is 4.86. The van der Waals surface area contributed by atoms with Crippen molar-refractivity contribution in [2.45, 2.75) is 0 Å². The maximum absolute atomic E-state index is 11.5. The molecule has 3 rings (SSSR count). The zero-order chi connectivity index (χ0) is 20.3. The maximum atomic E-state index is 11.5. The molecule has 14 heteroatoms. The number of aromatic nitrogens is 6. The van der Waals surface area contributed by atoms with Crippen molar-refractivity contribution in [3.05, 3.63) is 44.9 Å². The third kappa shape index (κ3) is 3.97. The van der Waals surface area contributed by atoms with Crippen LogP contribution in [0.2, 0.25) is 10.6 Å². The topological polar surface area (TPSA) is 142 Å². The van der Waals surface area contributed by atoms with Gasteiger partial charge < -0.3 is 9.47 Å². The molecule has 0 aliphatic rings. The van der Waals surface area contributed by atoms with Crippen LogP contribution in [0.4, 0.5) is 23.3 Å². The molecule has 0 aliphatic heterocycles. The average Bonchev–Trinajstić information content (AvgIpc) is 2.67. The highest BCUT2D eigenvalue weighted by atomic mass is 35.5. The number of para-hydroxylation sites is 2. The lowest BCUT2D eigenvalue weighted by molar-refractivity contribution is -0.384. The highest BCUT2D eigenvalue weighted by Gasteiger charge is 2.28. The van der Waals surface area contributed by atoms with Crippen LogP contribution in [-0.4, -0.2) is 49.0 Å². The summed E-state index contributed by atoms with van der Waals surface area (Å²) in [6.45, 7) is 0. The molecule has 0 radical (unpaired) electrons. The van der Waals surface area contributed by atoms with Gasteiger partial charge in [-0.15, -0.1) is 4.98 Å². The number of methoxy groups -OCH3 is 2. The SMILES string of the molecule is COc1nc(OC)nc(N(c2nc(Cl)nc(Cl)n2)c2ccccc2[N+](=O)[O-])n1. The lowest BCUT2D eigenvalue weighted by Crippen LogP contribution is -2.19. The molecule has 0 aliphatic carbocycles. The highest BCUT2D eigenvalue weighted by Crippen LogP contribution is 2.37. The van der Waals surface area contributed by atoms with E-state index in [1.807, 2.05) is 0 Å².